The molecule has 1 aliphatic rings. The van der Waals surface area contributed by atoms with Crippen LogP contribution in [0.2, 0.25) is 5.02 Å². The van der Waals surface area contributed by atoms with Gasteiger partial charge in [0.25, 0.3) is 5.91 Å². The first kappa shape index (κ1) is 17.8. The van der Waals surface area contributed by atoms with Crippen molar-refractivity contribution in [3.05, 3.63) is 53.6 Å². The third kappa shape index (κ3) is 3.48. The zero-order valence-electron chi connectivity index (χ0n) is 13.9. The molecule has 2 aromatic carbocycles. The largest absolute Gasteiger partial charge is 0.464 e. The highest BCUT2D eigenvalue weighted by molar-refractivity contribution is 6.31. The fraction of sp³-hybridized carbons (Fsp3) is 0.167. The predicted molar refractivity (Wildman–Crippen MR) is 98.4 cm³/mol. The van der Waals surface area contributed by atoms with Crippen molar-refractivity contribution in [2.75, 3.05) is 22.1 Å². The Hall–Kier alpha value is -3.06. The van der Waals surface area contributed by atoms with Gasteiger partial charge in [-0.25, -0.2) is 9.59 Å². The van der Waals surface area contributed by atoms with E-state index in [0.717, 1.165) is 4.90 Å². The van der Waals surface area contributed by atoms with Gasteiger partial charge in [0.05, 0.1) is 18.0 Å². The number of fused-ring (bicyclic) bond motifs is 1. The van der Waals surface area contributed by atoms with Gasteiger partial charge >= 0.3 is 12.0 Å². The molecule has 1 heterocycles. The molecule has 0 radical (unpaired) electrons. The summed E-state index contributed by atoms with van der Waals surface area (Å²) in [6.45, 7) is 1.72. The maximum atomic E-state index is 12.9. The van der Waals surface area contributed by atoms with Crippen LogP contribution in [0, 0.1) is 0 Å². The topological polar surface area (TPSA) is 87.7 Å². The number of para-hydroxylation sites is 2. The molecule has 0 fully saturated rings. The molecule has 0 aromatic heterocycles. The Morgan fingerprint density at radius 3 is 2.73 bits per heavy atom. The Morgan fingerprint density at radius 2 is 2.00 bits per heavy atom. The number of benzene rings is 2. The predicted octanol–water partition coefficient (Wildman–Crippen LogP) is 3.26. The van der Waals surface area contributed by atoms with Gasteiger partial charge in [0.15, 0.2) is 0 Å². The quantitative estimate of drug-likeness (QED) is 0.638. The average Bonchev–Trinajstić information content (AvgIpc) is 2.60. The Bertz CT molecular complexity index is 871. The number of ether oxygens (including phenoxy) is 1. The maximum Gasteiger partial charge on any atom is 0.339 e. The number of urea groups is 1. The molecule has 2 aromatic rings. The van der Waals surface area contributed by atoms with Crippen LogP contribution >= 0.6 is 11.6 Å². The van der Waals surface area contributed by atoms with E-state index in [-0.39, 0.29) is 6.61 Å². The lowest BCUT2D eigenvalue weighted by atomic mass is 10.1. The number of carbonyl (C=O) groups is 3. The molecular weight excluding hydrogens is 358 g/mol. The fourth-order valence-electron chi connectivity index (χ4n) is 2.66. The summed E-state index contributed by atoms with van der Waals surface area (Å²) in [7, 11) is 0. The molecule has 0 unspecified atom stereocenters. The van der Waals surface area contributed by atoms with E-state index in [2.05, 4.69) is 10.6 Å². The third-order valence-electron chi connectivity index (χ3n) is 3.73. The molecule has 0 saturated carbocycles. The number of hydrogen-bond acceptors (Lipinski definition) is 4. The molecule has 0 saturated heterocycles. The van der Waals surface area contributed by atoms with Gasteiger partial charge in [0, 0.05) is 10.7 Å². The van der Waals surface area contributed by atoms with Crippen molar-refractivity contribution < 1.29 is 19.1 Å². The number of nitrogens with zero attached hydrogens (tertiary/aromatic N) is 1. The SMILES string of the molecule is CCOC(=O)[C@H]1C(=O)Nc2ccccc2N1C(=O)Nc1cccc(Cl)c1. The number of nitrogens with one attached hydrogen (secondary N) is 2. The van der Waals surface area contributed by atoms with E-state index in [9.17, 15) is 14.4 Å². The lowest BCUT2D eigenvalue weighted by molar-refractivity contribution is -0.147. The van der Waals surface area contributed by atoms with E-state index in [1.54, 1.807) is 55.5 Å². The summed E-state index contributed by atoms with van der Waals surface area (Å²) in [6, 6.07) is 11.2. The van der Waals surface area contributed by atoms with Gasteiger partial charge < -0.3 is 15.4 Å². The van der Waals surface area contributed by atoms with Gasteiger partial charge in [0.2, 0.25) is 6.04 Å². The van der Waals surface area contributed by atoms with E-state index in [1.807, 2.05) is 0 Å². The van der Waals surface area contributed by atoms with Gasteiger partial charge in [-0.2, -0.15) is 0 Å². The Balaban J connectivity index is 1.99. The summed E-state index contributed by atoms with van der Waals surface area (Å²) in [5.74, 6) is -1.44. The highest BCUT2D eigenvalue weighted by Gasteiger charge is 2.42. The molecule has 26 heavy (non-hydrogen) atoms. The number of esters is 1. The number of hydrogen-bond donors (Lipinski definition) is 2. The summed E-state index contributed by atoms with van der Waals surface area (Å²) in [6.07, 6.45) is 0. The number of carbonyl (C=O) groups excluding carboxylic acids is 3. The third-order valence-corrected chi connectivity index (χ3v) is 3.97. The Morgan fingerprint density at radius 1 is 1.23 bits per heavy atom. The molecule has 0 spiro atoms. The smallest absolute Gasteiger partial charge is 0.339 e. The van der Waals surface area contributed by atoms with Crippen molar-refractivity contribution in [1.82, 2.24) is 0 Å². The minimum Gasteiger partial charge on any atom is -0.464 e. The summed E-state index contributed by atoms with van der Waals surface area (Å²) in [5.41, 5.74) is 1.26. The van der Waals surface area contributed by atoms with Crippen LogP contribution in [0.4, 0.5) is 21.9 Å². The van der Waals surface area contributed by atoms with Crippen molar-refractivity contribution in [2.24, 2.45) is 0 Å². The fourth-order valence-corrected chi connectivity index (χ4v) is 2.85. The van der Waals surface area contributed by atoms with Crippen molar-refractivity contribution in [1.29, 1.82) is 0 Å². The van der Waals surface area contributed by atoms with Crippen LogP contribution < -0.4 is 15.5 Å². The first-order chi connectivity index (χ1) is 12.5. The van der Waals surface area contributed by atoms with Crippen molar-refractivity contribution in [2.45, 2.75) is 13.0 Å². The van der Waals surface area contributed by atoms with E-state index in [0.29, 0.717) is 22.1 Å². The monoisotopic (exact) mass is 373 g/mol. The number of rotatable bonds is 3. The van der Waals surface area contributed by atoms with Crippen LogP contribution in [0.15, 0.2) is 48.5 Å². The summed E-state index contributed by atoms with van der Waals surface area (Å²) >= 11 is 5.94. The minimum absolute atomic E-state index is 0.0913. The second kappa shape index (κ2) is 7.45. The highest BCUT2D eigenvalue weighted by atomic mass is 35.5. The molecule has 2 N–H and O–H groups in total. The van der Waals surface area contributed by atoms with E-state index in [4.69, 9.17) is 16.3 Å². The molecular formula is C18H16ClN3O4. The van der Waals surface area contributed by atoms with Gasteiger partial charge in [-0.15, -0.1) is 0 Å². The van der Waals surface area contributed by atoms with Crippen molar-refractivity contribution in [3.63, 3.8) is 0 Å². The van der Waals surface area contributed by atoms with Crippen LogP contribution in [0.25, 0.3) is 0 Å². The van der Waals surface area contributed by atoms with E-state index < -0.39 is 23.9 Å². The van der Waals surface area contributed by atoms with Crippen LogP contribution in [0.1, 0.15) is 6.92 Å². The first-order valence-corrected chi connectivity index (χ1v) is 8.31. The molecule has 3 rings (SSSR count). The molecule has 1 aliphatic heterocycles. The molecule has 134 valence electrons. The van der Waals surface area contributed by atoms with Crippen LogP contribution in [0.3, 0.4) is 0 Å². The maximum absolute atomic E-state index is 12.9. The normalized spacial score (nSPS) is 15.7. The van der Waals surface area contributed by atoms with Crippen molar-refractivity contribution >= 4 is 46.6 Å². The lowest BCUT2D eigenvalue weighted by Gasteiger charge is -2.34. The van der Waals surface area contributed by atoms with Crippen molar-refractivity contribution in [3.8, 4) is 0 Å². The Labute approximate surface area is 154 Å². The van der Waals surface area contributed by atoms with Crippen LogP contribution in [-0.2, 0) is 14.3 Å². The van der Waals surface area contributed by atoms with E-state index in [1.165, 1.54) is 0 Å². The standard InChI is InChI=1S/C18H16ClN3O4/c1-2-26-17(24)15-16(23)21-13-8-3-4-9-14(13)22(15)18(25)20-12-7-5-6-11(19)10-12/h3-10,15H,2H2,1H3,(H,20,25)(H,21,23)/t15-/m1/s1. The van der Waals surface area contributed by atoms with Gasteiger partial charge in [-0.05, 0) is 37.3 Å². The van der Waals surface area contributed by atoms with Crippen LogP contribution in [0.5, 0.6) is 0 Å². The molecule has 8 heteroatoms. The second-order valence-electron chi connectivity index (χ2n) is 5.47. The van der Waals surface area contributed by atoms with Gasteiger partial charge in [-0.3, -0.25) is 9.69 Å². The molecule has 0 bridgehead atoms. The molecule has 7 nitrogen and oxygen atoms in total. The minimum atomic E-state index is -1.43. The second-order valence-corrected chi connectivity index (χ2v) is 5.91. The first-order valence-electron chi connectivity index (χ1n) is 7.93. The zero-order chi connectivity index (χ0) is 18.7. The zero-order valence-corrected chi connectivity index (χ0v) is 14.6. The summed E-state index contributed by atoms with van der Waals surface area (Å²) in [4.78, 5) is 38.7. The summed E-state index contributed by atoms with van der Waals surface area (Å²) in [5, 5.41) is 5.73. The molecule has 1 atom stereocenters. The number of anilines is 3. The molecule has 0 aliphatic carbocycles. The average molecular weight is 374 g/mol. The van der Waals surface area contributed by atoms with Gasteiger partial charge in [-0.1, -0.05) is 29.8 Å². The number of amides is 3. The number of halogens is 1. The van der Waals surface area contributed by atoms with Gasteiger partial charge in [0.1, 0.15) is 0 Å². The Kier molecular flexibility index (Phi) is 5.09. The van der Waals surface area contributed by atoms with Crippen LogP contribution in [-0.4, -0.2) is 30.6 Å². The summed E-state index contributed by atoms with van der Waals surface area (Å²) < 4.78 is 4.97. The molecule has 3 amide bonds. The highest BCUT2D eigenvalue weighted by Crippen LogP contribution is 2.33. The van der Waals surface area contributed by atoms with E-state index >= 15 is 0 Å². The lowest BCUT2D eigenvalue weighted by Crippen LogP contribution is -2.56.